The van der Waals surface area contributed by atoms with Gasteiger partial charge in [0.2, 0.25) is 0 Å². The molecule has 3 fully saturated rings. The fourth-order valence-corrected chi connectivity index (χ4v) is 10.2. The standard InChI is InChI=1S/C33H44F2N2O3/c1-27(2)13-15-33(37-26(40)32(8,34)35)16-14-31(7)25(24(33)19(27)18-36)20(38)17-22-29(5)11-10-23(39)28(3,4)21(29)9-12-30(22,31)6/h10-11,17,19,21,24-25H,9,12-16H2,1-8H3,(H,37,40)/t19?,21-,24-,25+,29-,30+,31+,33-/m0/s1. The highest BCUT2D eigenvalue weighted by Gasteiger charge is 2.71. The molecule has 5 aliphatic rings. The number of alkyl halides is 2. The minimum atomic E-state index is -3.56. The molecule has 1 N–H and O–H groups in total. The molecule has 5 nitrogen and oxygen atoms in total. The highest BCUT2D eigenvalue weighted by Crippen LogP contribution is 2.73. The van der Waals surface area contributed by atoms with Crippen LogP contribution in [0.25, 0.3) is 0 Å². The molecule has 1 unspecified atom stereocenters. The van der Waals surface area contributed by atoms with Crippen molar-refractivity contribution in [3.8, 4) is 6.07 Å². The zero-order chi connectivity index (χ0) is 29.9. The number of carbonyl (C=O) groups is 3. The lowest BCUT2D eigenvalue weighted by molar-refractivity contribution is -0.174. The second kappa shape index (κ2) is 8.35. The van der Waals surface area contributed by atoms with E-state index in [0.717, 1.165) is 18.4 Å². The molecule has 8 atom stereocenters. The van der Waals surface area contributed by atoms with Crippen LogP contribution < -0.4 is 5.32 Å². The summed E-state index contributed by atoms with van der Waals surface area (Å²) < 4.78 is 28.5. The largest absolute Gasteiger partial charge is 0.345 e. The number of allylic oxidation sites excluding steroid dienone is 4. The van der Waals surface area contributed by atoms with Crippen molar-refractivity contribution >= 4 is 17.5 Å². The summed E-state index contributed by atoms with van der Waals surface area (Å²) in [5.41, 5.74) is -2.40. The van der Waals surface area contributed by atoms with E-state index in [1.54, 1.807) is 12.2 Å². The molecular weight excluding hydrogens is 510 g/mol. The Morgan fingerprint density at radius 3 is 2.25 bits per heavy atom. The van der Waals surface area contributed by atoms with Crippen molar-refractivity contribution < 1.29 is 23.2 Å². The highest BCUT2D eigenvalue weighted by atomic mass is 19.3. The van der Waals surface area contributed by atoms with Crippen LogP contribution in [0.5, 0.6) is 0 Å². The van der Waals surface area contributed by atoms with Gasteiger partial charge in [-0.05, 0) is 72.8 Å². The minimum absolute atomic E-state index is 0.0546. The van der Waals surface area contributed by atoms with Crippen molar-refractivity contribution in [3.05, 3.63) is 23.8 Å². The van der Waals surface area contributed by atoms with E-state index in [9.17, 15) is 28.4 Å². The molecule has 218 valence electrons. The highest BCUT2D eigenvalue weighted by molar-refractivity contribution is 5.98. The van der Waals surface area contributed by atoms with E-state index >= 15 is 0 Å². The maximum atomic E-state index is 14.5. The Kier molecular flexibility index (Phi) is 6.09. The zero-order valence-electron chi connectivity index (χ0n) is 25.2. The molecule has 0 bridgehead atoms. The Balaban J connectivity index is 1.69. The molecule has 0 radical (unpaired) electrons. The maximum Gasteiger partial charge on any atom is 0.321 e. The van der Waals surface area contributed by atoms with Crippen LogP contribution in [0.15, 0.2) is 23.8 Å². The lowest BCUT2D eigenvalue weighted by atomic mass is 9.34. The summed E-state index contributed by atoms with van der Waals surface area (Å²) in [6.07, 6.45) is 9.17. The molecule has 5 rings (SSSR count). The van der Waals surface area contributed by atoms with E-state index in [-0.39, 0.29) is 17.5 Å². The molecule has 40 heavy (non-hydrogen) atoms. The minimum Gasteiger partial charge on any atom is -0.345 e. The molecule has 0 saturated heterocycles. The van der Waals surface area contributed by atoms with Gasteiger partial charge in [0, 0.05) is 35.1 Å². The molecule has 0 spiro atoms. The number of amides is 1. The topological polar surface area (TPSA) is 87.0 Å². The van der Waals surface area contributed by atoms with Crippen molar-refractivity contribution in [3.63, 3.8) is 0 Å². The number of hydrogen-bond acceptors (Lipinski definition) is 4. The first-order valence-corrected chi connectivity index (χ1v) is 14.8. The van der Waals surface area contributed by atoms with Crippen LogP contribution in [-0.4, -0.2) is 28.9 Å². The van der Waals surface area contributed by atoms with Crippen molar-refractivity contribution in [2.24, 2.45) is 50.7 Å². The van der Waals surface area contributed by atoms with Gasteiger partial charge in [0.25, 0.3) is 5.91 Å². The van der Waals surface area contributed by atoms with Gasteiger partial charge in [-0.3, -0.25) is 14.4 Å². The molecule has 3 saturated carbocycles. The van der Waals surface area contributed by atoms with Crippen LogP contribution in [0.3, 0.4) is 0 Å². The van der Waals surface area contributed by atoms with E-state index in [0.29, 0.717) is 32.6 Å². The Labute approximate surface area is 237 Å². The average molecular weight is 555 g/mol. The Bertz CT molecular complexity index is 1290. The molecular formula is C33H44F2N2O3. The van der Waals surface area contributed by atoms with Crippen LogP contribution in [0.1, 0.15) is 93.9 Å². The number of rotatable bonds is 2. The molecule has 1 amide bonds. The number of nitrogens with one attached hydrogen (secondary N) is 1. The fourth-order valence-electron chi connectivity index (χ4n) is 10.2. The third kappa shape index (κ3) is 3.56. The molecule has 5 aliphatic carbocycles. The summed E-state index contributed by atoms with van der Waals surface area (Å²) in [7, 11) is 0. The van der Waals surface area contributed by atoms with E-state index in [1.807, 2.05) is 33.8 Å². The third-order valence-corrected chi connectivity index (χ3v) is 12.9. The zero-order valence-corrected chi connectivity index (χ0v) is 25.2. The summed E-state index contributed by atoms with van der Waals surface area (Å²) in [6, 6.07) is 2.49. The van der Waals surface area contributed by atoms with Gasteiger partial charge in [-0.15, -0.1) is 0 Å². The van der Waals surface area contributed by atoms with Crippen molar-refractivity contribution in [1.82, 2.24) is 5.32 Å². The molecule has 0 aliphatic heterocycles. The summed E-state index contributed by atoms with van der Waals surface area (Å²) in [4.78, 5) is 40.1. The Hall–Kier alpha value is -2.36. The molecule has 0 aromatic carbocycles. The number of nitrogens with zero attached hydrogens (tertiary/aromatic N) is 1. The second-order valence-electron chi connectivity index (χ2n) is 15.6. The molecule has 0 aromatic rings. The van der Waals surface area contributed by atoms with Crippen molar-refractivity contribution in [2.75, 3.05) is 0 Å². The monoisotopic (exact) mass is 554 g/mol. The quantitative estimate of drug-likeness (QED) is 0.417. The summed E-state index contributed by atoms with van der Waals surface area (Å²) >= 11 is 0. The number of carbonyl (C=O) groups excluding carboxylic acids is 3. The van der Waals surface area contributed by atoms with E-state index in [1.165, 1.54) is 0 Å². The first-order valence-electron chi connectivity index (χ1n) is 14.8. The first-order chi connectivity index (χ1) is 18.2. The van der Waals surface area contributed by atoms with Crippen LogP contribution in [0, 0.1) is 62.1 Å². The van der Waals surface area contributed by atoms with Gasteiger partial charge >= 0.3 is 5.92 Å². The van der Waals surface area contributed by atoms with E-state index < -0.39 is 62.2 Å². The summed E-state index contributed by atoms with van der Waals surface area (Å²) in [5.74, 6) is -6.57. The van der Waals surface area contributed by atoms with Crippen LogP contribution in [0.2, 0.25) is 0 Å². The summed E-state index contributed by atoms with van der Waals surface area (Å²) in [6.45, 7) is 15.2. The first kappa shape index (κ1) is 29.1. The summed E-state index contributed by atoms with van der Waals surface area (Å²) in [5, 5.41) is 13.3. The van der Waals surface area contributed by atoms with Crippen molar-refractivity contribution in [1.29, 1.82) is 5.26 Å². The van der Waals surface area contributed by atoms with Crippen molar-refractivity contribution in [2.45, 2.75) is 105 Å². The molecule has 7 heteroatoms. The Morgan fingerprint density at radius 2 is 1.65 bits per heavy atom. The van der Waals surface area contributed by atoms with Gasteiger partial charge in [-0.1, -0.05) is 60.1 Å². The lowest BCUT2D eigenvalue weighted by Crippen LogP contribution is -2.72. The predicted octanol–water partition coefficient (Wildman–Crippen LogP) is 6.59. The maximum absolute atomic E-state index is 14.5. The van der Waals surface area contributed by atoms with Gasteiger partial charge in [0.1, 0.15) is 0 Å². The van der Waals surface area contributed by atoms with Gasteiger partial charge in [-0.25, -0.2) is 0 Å². The second-order valence-corrected chi connectivity index (χ2v) is 15.6. The number of halogens is 2. The van der Waals surface area contributed by atoms with Gasteiger partial charge in [0.15, 0.2) is 11.6 Å². The van der Waals surface area contributed by atoms with Gasteiger partial charge in [0.05, 0.1) is 12.0 Å². The predicted molar refractivity (Wildman–Crippen MR) is 148 cm³/mol. The van der Waals surface area contributed by atoms with Crippen LogP contribution in [0.4, 0.5) is 8.78 Å². The van der Waals surface area contributed by atoms with Gasteiger partial charge in [-0.2, -0.15) is 14.0 Å². The smallest absolute Gasteiger partial charge is 0.321 e. The van der Waals surface area contributed by atoms with E-state index in [2.05, 4.69) is 32.2 Å². The Morgan fingerprint density at radius 1 is 1.02 bits per heavy atom. The van der Waals surface area contributed by atoms with Crippen LogP contribution >= 0.6 is 0 Å². The fraction of sp³-hybridized carbons (Fsp3) is 0.758. The lowest BCUT2D eigenvalue weighted by Gasteiger charge is -2.69. The third-order valence-electron chi connectivity index (χ3n) is 12.9. The van der Waals surface area contributed by atoms with Gasteiger partial charge < -0.3 is 5.32 Å². The number of fused-ring (bicyclic) bond motifs is 7. The number of hydrogen-bond donors (Lipinski definition) is 1. The number of nitriles is 1. The van der Waals surface area contributed by atoms with E-state index in [4.69, 9.17) is 0 Å². The number of ketones is 2. The molecule has 0 heterocycles. The molecule has 0 aromatic heterocycles. The average Bonchev–Trinajstić information content (AvgIpc) is 2.83. The SMILES string of the molecule is CC(F)(F)C(=O)N[C@]12CCC(C)(C)C(C#N)[C@H]1[C@H]1C(=O)C=C3[C@@]4(C)C=CC(=O)C(C)(C)[C@@H]4CC[C@@]3(C)[C@]1(C)CC2. The van der Waals surface area contributed by atoms with Crippen LogP contribution in [-0.2, 0) is 14.4 Å². The normalized spacial score (nSPS) is 45.2.